The van der Waals surface area contributed by atoms with Crippen LogP contribution < -0.4 is 10.1 Å². The normalized spacial score (nSPS) is 11.0. The van der Waals surface area contributed by atoms with Gasteiger partial charge in [0.2, 0.25) is 0 Å². The van der Waals surface area contributed by atoms with Gasteiger partial charge < -0.3 is 14.8 Å². The molecular formula is C23H19F3N2O4. The summed E-state index contributed by atoms with van der Waals surface area (Å²) in [5.74, 6) is -0.722. The van der Waals surface area contributed by atoms with Crippen molar-refractivity contribution >= 4 is 11.9 Å². The first-order valence-corrected chi connectivity index (χ1v) is 9.54. The highest BCUT2D eigenvalue weighted by atomic mass is 19.4. The van der Waals surface area contributed by atoms with Gasteiger partial charge in [-0.3, -0.25) is 14.6 Å². The Hall–Kier alpha value is -3.88. The zero-order valence-electron chi connectivity index (χ0n) is 16.8. The molecule has 1 N–H and O–H groups in total. The van der Waals surface area contributed by atoms with Crippen LogP contribution in [0.1, 0.15) is 27.2 Å². The molecule has 1 heterocycles. The predicted molar refractivity (Wildman–Crippen MR) is 109 cm³/mol. The molecule has 0 radical (unpaired) electrons. The highest BCUT2D eigenvalue weighted by Crippen LogP contribution is 2.29. The van der Waals surface area contributed by atoms with Gasteiger partial charge in [0.15, 0.2) is 0 Å². The molecule has 166 valence electrons. The molecule has 0 spiro atoms. The maximum absolute atomic E-state index is 12.6. The maximum atomic E-state index is 12.6. The number of nitrogens with zero attached hydrogens (tertiary/aromatic N) is 1. The van der Waals surface area contributed by atoms with Gasteiger partial charge in [0, 0.05) is 11.8 Å². The number of carbonyl (C=O) groups excluding carboxylic acids is 2. The van der Waals surface area contributed by atoms with E-state index in [0.717, 1.165) is 35.5 Å². The Morgan fingerprint density at radius 1 is 0.906 bits per heavy atom. The van der Waals surface area contributed by atoms with E-state index in [9.17, 15) is 22.8 Å². The van der Waals surface area contributed by atoms with Crippen LogP contribution in [0.4, 0.5) is 13.2 Å². The first kappa shape index (κ1) is 22.8. The summed E-state index contributed by atoms with van der Waals surface area (Å²) in [7, 11) is 0. The lowest BCUT2D eigenvalue weighted by molar-refractivity contribution is -0.143. The molecule has 3 aromatic rings. The summed E-state index contributed by atoms with van der Waals surface area (Å²) in [5.41, 5.74) is 0.662. The van der Waals surface area contributed by atoms with Crippen LogP contribution in [0.3, 0.4) is 0 Å². The Labute approximate surface area is 182 Å². The molecule has 32 heavy (non-hydrogen) atoms. The molecule has 0 aliphatic rings. The third-order valence-electron chi connectivity index (χ3n) is 4.30. The molecular weight excluding hydrogens is 425 g/mol. The molecule has 0 unspecified atom stereocenters. The van der Waals surface area contributed by atoms with Crippen molar-refractivity contribution in [2.75, 3.05) is 6.54 Å². The number of hydrogen-bond acceptors (Lipinski definition) is 5. The van der Waals surface area contributed by atoms with Gasteiger partial charge in [-0.15, -0.1) is 0 Å². The van der Waals surface area contributed by atoms with Gasteiger partial charge in [-0.25, -0.2) is 0 Å². The van der Waals surface area contributed by atoms with Crippen LogP contribution in [0, 0.1) is 0 Å². The Balaban J connectivity index is 1.40. The standard InChI is InChI=1S/C23H19F3N2O4/c24-23(25,26)18-8-6-17(7-9-18)22(30)28-13-21(29)32-14-16-4-10-20(11-5-16)31-15-19-3-1-2-12-27-19/h1-12H,13-15H2,(H,28,30). The molecule has 9 heteroatoms. The highest BCUT2D eigenvalue weighted by Gasteiger charge is 2.30. The van der Waals surface area contributed by atoms with Crippen molar-refractivity contribution in [2.24, 2.45) is 0 Å². The van der Waals surface area contributed by atoms with E-state index in [1.165, 1.54) is 0 Å². The van der Waals surface area contributed by atoms with Crippen molar-refractivity contribution in [3.05, 3.63) is 95.3 Å². The molecule has 0 aliphatic carbocycles. The number of ether oxygens (including phenoxy) is 2. The van der Waals surface area contributed by atoms with Crippen molar-refractivity contribution in [2.45, 2.75) is 19.4 Å². The molecule has 0 atom stereocenters. The van der Waals surface area contributed by atoms with Gasteiger partial charge in [-0.05, 0) is 54.1 Å². The van der Waals surface area contributed by atoms with E-state index in [0.29, 0.717) is 12.4 Å². The Morgan fingerprint density at radius 2 is 1.62 bits per heavy atom. The molecule has 0 bridgehead atoms. The van der Waals surface area contributed by atoms with Crippen molar-refractivity contribution < 1.29 is 32.2 Å². The minimum atomic E-state index is -4.48. The van der Waals surface area contributed by atoms with E-state index in [4.69, 9.17) is 9.47 Å². The number of pyridine rings is 1. The number of amides is 1. The third kappa shape index (κ3) is 6.83. The predicted octanol–water partition coefficient (Wildman–Crippen LogP) is 4.15. The largest absolute Gasteiger partial charge is 0.487 e. The number of hydrogen-bond donors (Lipinski definition) is 1. The summed E-state index contributed by atoms with van der Waals surface area (Å²) in [6.07, 6.45) is -2.80. The number of halogens is 3. The van der Waals surface area contributed by atoms with Crippen LogP contribution >= 0.6 is 0 Å². The van der Waals surface area contributed by atoms with Crippen molar-refractivity contribution in [1.82, 2.24) is 10.3 Å². The number of benzene rings is 2. The fourth-order valence-electron chi connectivity index (χ4n) is 2.60. The lowest BCUT2D eigenvalue weighted by atomic mass is 10.1. The van der Waals surface area contributed by atoms with E-state index in [-0.39, 0.29) is 12.2 Å². The molecule has 0 saturated carbocycles. The minimum absolute atomic E-state index is 0.00446. The van der Waals surface area contributed by atoms with E-state index in [2.05, 4.69) is 10.3 Å². The van der Waals surface area contributed by atoms with Crippen LogP contribution in [-0.4, -0.2) is 23.4 Å². The van der Waals surface area contributed by atoms with E-state index in [1.54, 1.807) is 30.5 Å². The van der Waals surface area contributed by atoms with Crippen LogP contribution in [0.5, 0.6) is 5.75 Å². The number of carbonyl (C=O) groups is 2. The van der Waals surface area contributed by atoms with Crippen molar-refractivity contribution in [1.29, 1.82) is 0 Å². The quantitative estimate of drug-likeness (QED) is 0.528. The Bertz CT molecular complexity index is 1040. The second kappa shape index (κ2) is 10.4. The third-order valence-corrected chi connectivity index (χ3v) is 4.30. The van der Waals surface area contributed by atoms with Crippen LogP contribution in [0.15, 0.2) is 72.9 Å². The average Bonchev–Trinajstić information content (AvgIpc) is 2.80. The zero-order valence-corrected chi connectivity index (χ0v) is 16.8. The smallest absolute Gasteiger partial charge is 0.416 e. The molecule has 0 saturated heterocycles. The molecule has 1 amide bonds. The summed E-state index contributed by atoms with van der Waals surface area (Å²) in [5, 5.41) is 2.31. The number of rotatable bonds is 8. The van der Waals surface area contributed by atoms with Gasteiger partial charge in [0.25, 0.3) is 5.91 Å². The van der Waals surface area contributed by atoms with Crippen molar-refractivity contribution in [3.8, 4) is 5.75 Å². The van der Waals surface area contributed by atoms with E-state index >= 15 is 0 Å². The van der Waals surface area contributed by atoms with Gasteiger partial charge in [-0.2, -0.15) is 13.2 Å². The number of nitrogens with one attached hydrogen (secondary N) is 1. The Morgan fingerprint density at radius 3 is 2.25 bits per heavy atom. The highest BCUT2D eigenvalue weighted by molar-refractivity contribution is 5.95. The molecule has 1 aromatic heterocycles. The maximum Gasteiger partial charge on any atom is 0.416 e. The summed E-state index contributed by atoms with van der Waals surface area (Å²) in [6, 6.07) is 16.2. The molecule has 2 aromatic carbocycles. The topological polar surface area (TPSA) is 77.5 Å². The van der Waals surface area contributed by atoms with Gasteiger partial charge in [0.05, 0.1) is 11.3 Å². The van der Waals surface area contributed by atoms with Crippen LogP contribution in [0.25, 0.3) is 0 Å². The summed E-state index contributed by atoms with van der Waals surface area (Å²) < 4.78 is 48.4. The lowest BCUT2D eigenvalue weighted by Crippen LogP contribution is -2.30. The number of aromatic nitrogens is 1. The zero-order chi connectivity index (χ0) is 23.0. The second-order valence-electron chi connectivity index (χ2n) is 6.67. The molecule has 0 fully saturated rings. The van der Waals surface area contributed by atoms with Gasteiger partial charge >= 0.3 is 12.1 Å². The summed E-state index contributed by atoms with van der Waals surface area (Å²) in [4.78, 5) is 28.0. The molecule has 0 aliphatic heterocycles. The number of esters is 1. The summed E-state index contributed by atoms with van der Waals surface area (Å²) >= 11 is 0. The first-order valence-electron chi connectivity index (χ1n) is 9.54. The summed E-state index contributed by atoms with van der Waals surface area (Å²) in [6.45, 7) is -0.0889. The fourth-order valence-corrected chi connectivity index (χ4v) is 2.60. The average molecular weight is 444 g/mol. The minimum Gasteiger partial charge on any atom is -0.487 e. The van der Waals surface area contributed by atoms with Gasteiger partial charge in [-0.1, -0.05) is 18.2 Å². The van der Waals surface area contributed by atoms with E-state index < -0.39 is 30.2 Å². The van der Waals surface area contributed by atoms with Crippen LogP contribution in [-0.2, 0) is 28.9 Å². The molecule has 6 nitrogen and oxygen atoms in total. The number of alkyl halides is 3. The lowest BCUT2D eigenvalue weighted by Gasteiger charge is -2.09. The van der Waals surface area contributed by atoms with Gasteiger partial charge in [0.1, 0.15) is 25.5 Å². The van der Waals surface area contributed by atoms with Crippen molar-refractivity contribution in [3.63, 3.8) is 0 Å². The van der Waals surface area contributed by atoms with E-state index in [1.807, 2.05) is 18.2 Å². The Kier molecular flexibility index (Phi) is 7.43. The SMILES string of the molecule is O=C(CNC(=O)c1ccc(C(F)(F)F)cc1)OCc1ccc(OCc2ccccn2)cc1. The van der Waals surface area contributed by atoms with Crippen LogP contribution in [0.2, 0.25) is 0 Å². The fraction of sp³-hybridized carbons (Fsp3) is 0.174. The first-order chi connectivity index (χ1) is 15.3. The molecule has 3 rings (SSSR count). The monoisotopic (exact) mass is 444 g/mol. The second-order valence-corrected chi connectivity index (χ2v) is 6.67.